The summed E-state index contributed by atoms with van der Waals surface area (Å²) in [5, 5.41) is 3.27. The van der Waals surface area contributed by atoms with Crippen LogP contribution in [0.5, 0.6) is 0 Å². The summed E-state index contributed by atoms with van der Waals surface area (Å²) in [6, 6.07) is 9.82. The van der Waals surface area contributed by atoms with Crippen LogP contribution in [0.3, 0.4) is 0 Å². The predicted octanol–water partition coefficient (Wildman–Crippen LogP) is 1.80. The van der Waals surface area contributed by atoms with Gasteiger partial charge in [0.05, 0.1) is 12.0 Å². The van der Waals surface area contributed by atoms with Crippen molar-refractivity contribution < 1.29 is 14.6 Å². The maximum atomic E-state index is 12.3. The first kappa shape index (κ1) is 13.1. The standard InChI is InChI=1S/C14H19NO3/c1-2-17-18-13(16)14(8-10-15-11-9-14)12-6-4-3-5-7-12/h3-7,15H,2,8-11H2,1H3. The lowest BCUT2D eigenvalue weighted by molar-refractivity contribution is -0.275. The third kappa shape index (κ3) is 2.54. The van der Waals surface area contributed by atoms with Crippen LogP contribution in [0.25, 0.3) is 0 Å². The molecule has 18 heavy (non-hydrogen) atoms. The van der Waals surface area contributed by atoms with Gasteiger partial charge in [0.2, 0.25) is 0 Å². The number of carbonyl (C=O) groups excluding carboxylic acids is 1. The lowest BCUT2D eigenvalue weighted by Crippen LogP contribution is -2.46. The zero-order valence-electron chi connectivity index (χ0n) is 10.6. The van der Waals surface area contributed by atoms with Gasteiger partial charge < -0.3 is 5.32 Å². The van der Waals surface area contributed by atoms with Crippen molar-refractivity contribution in [1.29, 1.82) is 0 Å². The van der Waals surface area contributed by atoms with Crippen LogP contribution in [0, 0.1) is 0 Å². The molecule has 0 aromatic heterocycles. The number of rotatable bonds is 4. The number of benzene rings is 1. The molecule has 1 aliphatic rings. The van der Waals surface area contributed by atoms with Crippen LogP contribution in [0.4, 0.5) is 0 Å². The van der Waals surface area contributed by atoms with Gasteiger partial charge in [0.15, 0.2) is 0 Å². The average molecular weight is 249 g/mol. The number of carbonyl (C=O) groups is 1. The van der Waals surface area contributed by atoms with Crippen LogP contribution in [-0.4, -0.2) is 25.7 Å². The van der Waals surface area contributed by atoms with Crippen molar-refractivity contribution in [2.75, 3.05) is 19.7 Å². The van der Waals surface area contributed by atoms with Gasteiger partial charge in [0, 0.05) is 0 Å². The maximum Gasteiger partial charge on any atom is 0.352 e. The van der Waals surface area contributed by atoms with Crippen LogP contribution < -0.4 is 5.32 Å². The molecule has 4 heteroatoms. The van der Waals surface area contributed by atoms with Crippen molar-refractivity contribution in [3.63, 3.8) is 0 Å². The van der Waals surface area contributed by atoms with Gasteiger partial charge in [-0.05, 0) is 38.4 Å². The molecule has 0 saturated carbocycles. The molecule has 1 aromatic rings. The quantitative estimate of drug-likeness (QED) is 0.653. The molecule has 1 N–H and O–H groups in total. The van der Waals surface area contributed by atoms with Crippen molar-refractivity contribution >= 4 is 5.97 Å². The Morgan fingerprint density at radius 3 is 2.56 bits per heavy atom. The molecule has 98 valence electrons. The van der Waals surface area contributed by atoms with Gasteiger partial charge in [-0.25, -0.2) is 4.79 Å². The topological polar surface area (TPSA) is 47.6 Å². The highest BCUT2D eigenvalue weighted by atomic mass is 17.2. The molecular formula is C14H19NO3. The number of nitrogens with one attached hydrogen (secondary N) is 1. The highest BCUT2D eigenvalue weighted by Crippen LogP contribution is 2.34. The number of hydrogen-bond acceptors (Lipinski definition) is 4. The highest BCUT2D eigenvalue weighted by Gasteiger charge is 2.43. The van der Waals surface area contributed by atoms with Gasteiger partial charge in [-0.2, -0.15) is 4.89 Å². The molecule has 1 saturated heterocycles. The molecule has 0 amide bonds. The number of piperidine rings is 1. The Balaban J connectivity index is 2.25. The zero-order chi connectivity index (χ0) is 12.8. The van der Waals surface area contributed by atoms with Gasteiger partial charge >= 0.3 is 5.97 Å². The fourth-order valence-corrected chi connectivity index (χ4v) is 2.41. The molecule has 1 fully saturated rings. The predicted molar refractivity (Wildman–Crippen MR) is 67.9 cm³/mol. The van der Waals surface area contributed by atoms with Gasteiger partial charge in [-0.1, -0.05) is 30.3 Å². The van der Waals surface area contributed by atoms with Crippen LogP contribution in [0.1, 0.15) is 25.3 Å². The number of hydrogen-bond donors (Lipinski definition) is 1. The van der Waals surface area contributed by atoms with Crippen LogP contribution in [0.2, 0.25) is 0 Å². The normalized spacial score (nSPS) is 18.3. The van der Waals surface area contributed by atoms with Crippen molar-refractivity contribution in [1.82, 2.24) is 5.32 Å². The minimum absolute atomic E-state index is 0.281. The maximum absolute atomic E-state index is 12.3. The van der Waals surface area contributed by atoms with E-state index in [2.05, 4.69) is 5.32 Å². The van der Waals surface area contributed by atoms with E-state index in [4.69, 9.17) is 9.78 Å². The van der Waals surface area contributed by atoms with Gasteiger partial charge in [0.1, 0.15) is 0 Å². The van der Waals surface area contributed by atoms with Crippen molar-refractivity contribution in [3.05, 3.63) is 35.9 Å². The fourth-order valence-electron chi connectivity index (χ4n) is 2.41. The lowest BCUT2D eigenvalue weighted by atomic mass is 9.73. The highest BCUT2D eigenvalue weighted by molar-refractivity contribution is 5.83. The minimum Gasteiger partial charge on any atom is -0.317 e. The van der Waals surface area contributed by atoms with E-state index in [-0.39, 0.29) is 5.97 Å². The molecule has 1 heterocycles. The third-order valence-electron chi connectivity index (χ3n) is 3.43. The molecule has 1 aromatic carbocycles. The van der Waals surface area contributed by atoms with E-state index >= 15 is 0 Å². The van der Waals surface area contributed by atoms with E-state index < -0.39 is 5.41 Å². The first-order valence-electron chi connectivity index (χ1n) is 6.40. The summed E-state index contributed by atoms with van der Waals surface area (Å²) in [4.78, 5) is 22.1. The van der Waals surface area contributed by atoms with E-state index in [1.54, 1.807) is 6.92 Å². The van der Waals surface area contributed by atoms with Crippen LogP contribution in [0.15, 0.2) is 30.3 Å². The Morgan fingerprint density at radius 2 is 1.94 bits per heavy atom. The van der Waals surface area contributed by atoms with Crippen molar-refractivity contribution in [2.45, 2.75) is 25.2 Å². The first-order valence-corrected chi connectivity index (χ1v) is 6.40. The van der Waals surface area contributed by atoms with E-state index in [1.807, 2.05) is 30.3 Å². The summed E-state index contributed by atoms with van der Waals surface area (Å²) in [6.07, 6.45) is 1.48. The Morgan fingerprint density at radius 1 is 1.28 bits per heavy atom. The second-order valence-electron chi connectivity index (χ2n) is 4.48. The first-order chi connectivity index (χ1) is 8.79. The molecule has 0 atom stereocenters. The Labute approximate surface area is 107 Å². The van der Waals surface area contributed by atoms with E-state index in [1.165, 1.54) is 0 Å². The van der Waals surface area contributed by atoms with E-state index in [0.29, 0.717) is 6.61 Å². The van der Waals surface area contributed by atoms with E-state index in [0.717, 1.165) is 31.5 Å². The van der Waals surface area contributed by atoms with Gasteiger partial charge in [-0.3, -0.25) is 4.89 Å². The minimum atomic E-state index is -0.568. The molecule has 2 rings (SSSR count). The summed E-state index contributed by atoms with van der Waals surface area (Å²) in [7, 11) is 0. The Bertz CT molecular complexity index is 385. The molecule has 1 aliphatic heterocycles. The average Bonchev–Trinajstić information content (AvgIpc) is 2.46. The molecule has 0 unspecified atom stereocenters. The lowest BCUT2D eigenvalue weighted by Gasteiger charge is -2.34. The third-order valence-corrected chi connectivity index (χ3v) is 3.43. The Hall–Kier alpha value is -1.39. The molecule has 0 spiro atoms. The van der Waals surface area contributed by atoms with Crippen molar-refractivity contribution in [2.24, 2.45) is 0 Å². The summed E-state index contributed by atoms with van der Waals surface area (Å²) in [6.45, 7) is 3.80. The zero-order valence-corrected chi connectivity index (χ0v) is 10.6. The molecule has 0 radical (unpaired) electrons. The second kappa shape index (κ2) is 5.98. The molecule has 0 bridgehead atoms. The molecular weight excluding hydrogens is 230 g/mol. The van der Waals surface area contributed by atoms with Crippen LogP contribution >= 0.6 is 0 Å². The smallest absolute Gasteiger partial charge is 0.317 e. The largest absolute Gasteiger partial charge is 0.352 e. The molecule has 0 aliphatic carbocycles. The van der Waals surface area contributed by atoms with E-state index in [9.17, 15) is 4.79 Å². The molecule has 4 nitrogen and oxygen atoms in total. The van der Waals surface area contributed by atoms with Gasteiger partial charge in [-0.15, -0.1) is 0 Å². The summed E-state index contributed by atoms with van der Waals surface area (Å²) in [5.74, 6) is -0.281. The van der Waals surface area contributed by atoms with Gasteiger partial charge in [0.25, 0.3) is 0 Å². The monoisotopic (exact) mass is 249 g/mol. The summed E-state index contributed by atoms with van der Waals surface area (Å²) >= 11 is 0. The van der Waals surface area contributed by atoms with Crippen molar-refractivity contribution in [3.8, 4) is 0 Å². The summed E-state index contributed by atoms with van der Waals surface area (Å²) < 4.78 is 0. The second-order valence-corrected chi connectivity index (χ2v) is 4.48. The fraction of sp³-hybridized carbons (Fsp3) is 0.500. The summed E-state index contributed by atoms with van der Waals surface area (Å²) in [5.41, 5.74) is 0.443. The SMILES string of the molecule is CCOOC(=O)C1(c2ccccc2)CCNCC1. The Kier molecular flexibility index (Phi) is 4.33. The van der Waals surface area contributed by atoms with Crippen LogP contribution in [-0.2, 0) is 20.0 Å².